The molecule has 1 aromatic carbocycles. The lowest BCUT2D eigenvalue weighted by Gasteiger charge is -2.22. The zero-order valence-corrected chi connectivity index (χ0v) is 9.93. The molecule has 0 saturated carbocycles. The minimum atomic E-state index is -5.78. The number of benzene rings is 1. The molecular weight excluding hydrogens is 292 g/mol. The molecule has 1 rings (SSSR count). The highest BCUT2D eigenvalue weighted by atomic mass is 19.4. The van der Waals surface area contributed by atoms with Gasteiger partial charge in [-0.3, -0.25) is 4.79 Å². The maximum atomic E-state index is 12.3. The fourth-order valence-electron chi connectivity index (χ4n) is 1.44. The molecule has 2 N–H and O–H groups in total. The van der Waals surface area contributed by atoms with Crippen molar-refractivity contribution in [1.82, 2.24) is 0 Å². The summed E-state index contributed by atoms with van der Waals surface area (Å²) >= 11 is 0. The Morgan fingerprint density at radius 3 is 2.05 bits per heavy atom. The van der Waals surface area contributed by atoms with Gasteiger partial charge in [-0.2, -0.15) is 26.3 Å². The summed E-state index contributed by atoms with van der Waals surface area (Å²) < 4.78 is 73.7. The average molecular weight is 301 g/mol. The van der Waals surface area contributed by atoms with E-state index in [1.54, 1.807) is 6.92 Å². The highest BCUT2D eigenvalue weighted by molar-refractivity contribution is 5.94. The average Bonchev–Trinajstić information content (AvgIpc) is 2.17. The lowest BCUT2D eigenvalue weighted by molar-refractivity contribution is -0.272. The Morgan fingerprint density at radius 1 is 1.15 bits per heavy atom. The van der Waals surface area contributed by atoms with E-state index in [1.165, 1.54) is 11.4 Å². The molecule has 0 atom stereocenters. The summed E-state index contributed by atoms with van der Waals surface area (Å²) in [6, 6.07) is 3.41. The first kappa shape index (κ1) is 16.1. The number of rotatable bonds is 2. The van der Waals surface area contributed by atoms with Gasteiger partial charge in [0.25, 0.3) is 0 Å². The molecule has 1 amide bonds. The van der Waals surface area contributed by atoms with Crippen molar-refractivity contribution in [3.63, 3.8) is 0 Å². The molecule has 9 heteroatoms. The van der Waals surface area contributed by atoms with E-state index in [2.05, 4.69) is 0 Å². The molecule has 0 aromatic heterocycles. The molecule has 0 heterocycles. The van der Waals surface area contributed by atoms with Crippen LogP contribution in [0.2, 0.25) is 0 Å². The van der Waals surface area contributed by atoms with Gasteiger partial charge in [0.2, 0.25) is 11.8 Å². The Hall–Kier alpha value is -1.93. The predicted molar refractivity (Wildman–Crippen MR) is 57.1 cm³/mol. The molecular formula is C11H9F6NO2. The minimum Gasteiger partial charge on any atom is -0.506 e. The summed E-state index contributed by atoms with van der Waals surface area (Å²) in [6.07, 6.45) is -11.6. The molecule has 0 aliphatic carbocycles. The fourth-order valence-corrected chi connectivity index (χ4v) is 1.44. The zero-order valence-electron chi connectivity index (χ0n) is 9.93. The van der Waals surface area contributed by atoms with E-state index < -0.39 is 35.6 Å². The third-order valence-corrected chi connectivity index (χ3v) is 2.33. The quantitative estimate of drug-likeness (QED) is 0.650. The maximum Gasteiger partial charge on any atom is 0.409 e. The summed E-state index contributed by atoms with van der Waals surface area (Å²) in [5.74, 6) is -7.08. The first-order valence-electron chi connectivity index (χ1n) is 5.17. The van der Waals surface area contributed by atoms with E-state index in [-0.39, 0.29) is 0 Å². The van der Waals surface area contributed by atoms with Gasteiger partial charge in [0.05, 0.1) is 5.69 Å². The van der Waals surface area contributed by atoms with E-state index in [0.717, 1.165) is 12.1 Å². The van der Waals surface area contributed by atoms with Crippen molar-refractivity contribution in [2.24, 2.45) is 5.92 Å². The molecule has 3 nitrogen and oxygen atoms in total. The number of nitrogens with one attached hydrogen (secondary N) is 1. The van der Waals surface area contributed by atoms with Crippen molar-refractivity contribution in [2.75, 3.05) is 5.32 Å². The second kappa shape index (κ2) is 5.22. The smallest absolute Gasteiger partial charge is 0.409 e. The Bertz CT molecular complexity index is 495. The van der Waals surface area contributed by atoms with Crippen LogP contribution in [-0.2, 0) is 4.79 Å². The van der Waals surface area contributed by atoms with Crippen LogP contribution in [0, 0.1) is 12.8 Å². The van der Waals surface area contributed by atoms with Crippen molar-refractivity contribution >= 4 is 11.6 Å². The summed E-state index contributed by atoms with van der Waals surface area (Å²) in [5, 5.41) is 10.8. The van der Waals surface area contributed by atoms with Crippen LogP contribution < -0.4 is 5.32 Å². The van der Waals surface area contributed by atoms with E-state index in [9.17, 15) is 36.2 Å². The van der Waals surface area contributed by atoms with Crippen LogP contribution in [0.5, 0.6) is 5.75 Å². The monoisotopic (exact) mass is 301 g/mol. The molecule has 0 aliphatic rings. The molecule has 0 unspecified atom stereocenters. The van der Waals surface area contributed by atoms with Gasteiger partial charge in [-0.15, -0.1) is 0 Å². The third kappa shape index (κ3) is 3.78. The van der Waals surface area contributed by atoms with Crippen LogP contribution in [0.15, 0.2) is 18.2 Å². The molecule has 0 bridgehead atoms. The van der Waals surface area contributed by atoms with Crippen LogP contribution in [0.1, 0.15) is 5.56 Å². The first-order valence-corrected chi connectivity index (χ1v) is 5.17. The number of aryl methyl sites for hydroxylation is 1. The minimum absolute atomic E-state index is 0.517. The van der Waals surface area contributed by atoms with Gasteiger partial charge in [0.1, 0.15) is 5.75 Å². The Kier molecular flexibility index (Phi) is 4.21. The van der Waals surface area contributed by atoms with Gasteiger partial charge in [-0.05, 0) is 24.6 Å². The SMILES string of the molecule is Cc1ccc(NC(=O)C(C(F)(F)F)C(F)(F)F)c(O)c1. The normalized spacial score (nSPS) is 12.6. The van der Waals surface area contributed by atoms with Gasteiger partial charge in [0.15, 0.2) is 0 Å². The molecule has 1 aromatic rings. The van der Waals surface area contributed by atoms with E-state index in [1.807, 2.05) is 0 Å². The van der Waals surface area contributed by atoms with Crippen molar-refractivity contribution in [2.45, 2.75) is 19.3 Å². The molecule has 112 valence electrons. The Labute approximate surface area is 109 Å². The van der Waals surface area contributed by atoms with Gasteiger partial charge in [-0.1, -0.05) is 6.07 Å². The first-order chi connectivity index (χ1) is 8.93. The number of carbonyl (C=O) groups excluding carboxylic acids is 1. The molecule has 20 heavy (non-hydrogen) atoms. The topological polar surface area (TPSA) is 49.3 Å². The van der Waals surface area contributed by atoms with E-state index in [0.29, 0.717) is 5.56 Å². The summed E-state index contributed by atoms with van der Waals surface area (Å²) in [5.41, 5.74) is -0.0113. The molecule has 0 aliphatic heterocycles. The number of anilines is 1. The number of phenols is 1. The molecule has 0 saturated heterocycles. The summed E-state index contributed by atoms with van der Waals surface area (Å²) in [7, 11) is 0. The van der Waals surface area contributed by atoms with E-state index >= 15 is 0 Å². The molecule has 0 fully saturated rings. The van der Waals surface area contributed by atoms with Crippen LogP contribution in [-0.4, -0.2) is 23.4 Å². The number of hydrogen-bond acceptors (Lipinski definition) is 2. The van der Waals surface area contributed by atoms with Gasteiger partial charge >= 0.3 is 12.4 Å². The standard InChI is InChI=1S/C11H9F6NO2/c1-5-2-3-6(7(19)4-5)18-9(20)8(10(12,13)14)11(15,16)17/h2-4,8,19H,1H3,(H,18,20). The van der Waals surface area contributed by atoms with Crippen molar-refractivity contribution < 1.29 is 36.2 Å². The Balaban J connectivity index is 3.04. The Morgan fingerprint density at radius 2 is 1.65 bits per heavy atom. The van der Waals surface area contributed by atoms with Crippen LogP contribution >= 0.6 is 0 Å². The van der Waals surface area contributed by atoms with Crippen molar-refractivity contribution in [3.8, 4) is 5.75 Å². The lowest BCUT2D eigenvalue weighted by Crippen LogP contribution is -2.45. The van der Waals surface area contributed by atoms with Crippen molar-refractivity contribution in [3.05, 3.63) is 23.8 Å². The number of phenolic OH excluding ortho intramolecular Hbond substituents is 1. The van der Waals surface area contributed by atoms with E-state index in [4.69, 9.17) is 0 Å². The second-order valence-electron chi connectivity index (χ2n) is 4.03. The van der Waals surface area contributed by atoms with Crippen molar-refractivity contribution in [1.29, 1.82) is 0 Å². The molecule has 0 spiro atoms. The van der Waals surface area contributed by atoms with Crippen LogP contribution in [0.4, 0.5) is 32.0 Å². The number of hydrogen-bond donors (Lipinski definition) is 2. The predicted octanol–water partition coefficient (Wildman–Crippen LogP) is 3.38. The number of halogens is 6. The lowest BCUT2D eigenvalue weighted by atomic mass is 10.1. The summed E-state index contributed by atoms with van der Waals surface area (Å²) in [6.45, 7) is 1.54. The number of amides is 1. The highest BCUT2D eigenvalue weighted by Crippen LogP contribution is 2.40. The zero-order chi connectivity index (χ0) is 15.7. The summed E-state index contributed by atoms with van der Waals surface area (Å²) in [4.78, 5) is 11.2. The van der Waals surface area contributed by atoms with Crippen LogP contribution in [0.25, 0.3) is 0 Å². The number of carbonyl (C=O) groups is 1. The van der Waals surface area contributed by atoms with Gasteiger partial charge in [-0.25, -0.2) is 0 Å². The number of aromatic hydroxyl groups is 1. The van der Waals surface area contributed by atoms with Crippen LogP contribution in [0.3, 0.4) is 0 Å². The second-order valence-corrected chi connectivity index (χ2v) is 4.03. The molecule has 0 radical (unpaired) electrons. The van der Waals surface area contributed by atoms with Gasteiger partial charge < -0.3 is 10.4 Å². The number of alkyl halides is 6. The third-order valence-electron chi connectivity index (χ3n) is 2.33. The highest BCUT2D eigenvalue weighted by Gasteiger charge is 2.61. The maximum absolute atomic E-state index is 12.3. The fraction of sp³-hybridized carbons (Fsp3) is 0.364. The van der Waals surface area contributed by atoms with Gasteiger partial charge in [0, 0.05) is 0 Å². The largest absolute Gasteiger partial charge is 0.506 e.